The van der Waals surface area contributed by atoms with Crippen LogP contribution in [0.25, 0.3) is 0 Å². The Labute approximate surface area is 105 Å². The largest absolute Gasteiger partial charge is 0.383 e. The summed E-state index contributed by atoms with van der Waals surface area (Å²) in [6.45, 7) is 7.08. The Bertz CT molecular complexity index is 257. The number of nitrogens with zero attached hydrogens (tertiary/aromatic N) is 2. The first kappa shape index (κ1) is 15.9. The van der Waals surface area contributed by atoms with E-state index in [2.05, 4.69) is 19.9 Å². The van der Waals surface area contributed by atoms with Crippen molar-refractivity contribution in [3.8, 4) is 6.07 Å². The summed E-state index contributed by atoms with van der Waals surface area (Å²) < 4.78 is 5.03. The fraction of sp³-hybridized carbons (Fsp3) is 0.846. The van der Waals surface area contributed by atoms with E-state index in [-0.39, 0.29) is 11.9 Å². The van der Waals surface area contributed by atoms with Crippen molar-refractivity contribution < 1.29 is 9.53 Å². The highest BCUT2D eigenvalue weighted by molar-refractivity contribution is 5.81. The molecule has 0 saturated carbocycles. The molecule has 0 fully saturated rings. The maximum atomic E-state index is 12.2. The van der Waals surface area contributed by atoms with E-state index < -0.39 is 5.92 Å². The maximum absolute atomic E-state index is 12.2. The summed E-state index contributed by atoms with van der Waals surface area (Å²) in [6, 6.07) is 2.29. The molecule has 0 rings (SSSR count). The fourth-order valence-corrected chi connectivity index (χ4v) is 1.91. The molecule has 0 spiro atoms. The van der Waals surface area contributed by atoms with E-state index in [1.54, 1.807) is 12.0 Å². The van der Waals surface area contributed by atoms with Crippen LogP contribution in [0.3, 0.4) is 0 Å². The van der Waals surface area contributed by atoms with Gasteiger partial charge in [0.05, 0.1) is 12.7 Å². The second-order valence-corrected chi connectivity index (χ2v) is 4.08. The molecule has 0 N–H and O–H groups in total. The molecule has 0 aromatic heterocycles. The summed E-state index contributed by atoms with van der Waals surface area (Å²) >= 11 is 0. The quantitative estimate of drug-likeness (QED) is 0.653. The zero-order chi connectivity index (χ0) is 13.3. The Morgan fingerprint density at radius 2 is 1.88 bits per heavy atom. The van der Waals surface area contributed by atoms with E-state index >= 15 is 0 Å². The smallest absolute Gasteiger partial charge is 0.240 e. The lowest BCUT2D eigenvalue weighted by Gasteiger charge is -2.31. The number of hydrogen-bond acceptors (Lipinski definition) is 3. The normalized spacial score (nSPS) is 12.2. The minimum Gasteiger partial charge on any atom is -0.383 e. The van der Waals surface area contributed by atoms with Crippen LogP contribution >= 0.6 is 0 Å². The third kappa shape index (κ3) is 4.74. The number of methoxy groups -OCH3 is 1. The van der Waals surface area contributed by atoms with Crippen LogP contribution in [0.15, 0.2) is 0 Å². The van der Waals surface area contributed by atoms with E-state index in [1.165, 1.54) is 0 Å². The van der Waals surface area contributed by atoms with Crippen molar-refractivity contribution in [1.29, 1.82) is 5.26 Å². The van der Waals surface area contributed by atoms with Crippen molar-refractivity contribution in [1.82, 2.24) is 4.90 Å². The zero-order valence-electron chi connectivity index (χ0n) is 11.4. The molecule has 1 unspecified atom stereocenters. The minimum atomic E-state index is -0.521. The molecule has 1 amide bonds. The van der Waals surface area contributed by atoms with Crippen molar-refractivity contribution in [2.45, 2.75) is 46.1 Å². The van der Waals surface area contributed by atoms with Crippen molar-refractivity contribution >= 4 is 5.91 Å². The van der Waals surface area contributed by atoms with Crippen LogP contribution in [0.5, 0.6) is 0 Å². The number of rotatable bonds is 8. The van der Waals surface area contributed by atoms with Crippen molar-refractivity contribution in [2.75, 3.05) is 20.3 Å². The van der Waals surface area contributed by atoms with Gasteiger partial charge < -0.3 is 9.64 Å². The van der Waals surface area contributed by atoms with Crippen molar-refractivity contribution in [3.63, 3.8) is 0 Å². The molecule has 0 saturated heterocycles. The molecular formula is C13H24N2O2. The van der Waals surface area contributed by atoms with Gasteiger partial charge in [0.2, 0.25) is 5.91 Å². The SMILES string of the molecule is CCC(C#N)C(=O)N(CCOC)C(CC)CC. The molecule has 0 aromatic carbocycles. The monoisotopic (exact) mass is 240 g/mol. The lowest BCUT2D eigenvalue weighted by atomic mass is 10.0. The fourth-order valence-electron chi connectivity index (χ4n) is 1.91. The maximum Gasteiger partial charge on any atom is 0.240 e. The lowest BCUT2D eigenvalue weighted by molar-refractivity contribution is -0.137. The Hall–Kier alpha value is -1.08. The van der Waals surface area contributed by atoms with Gasteiger partial charge in [0.15, 0.2) is 0 Å². The third-order valence-corrected chi connectivity index (χ3v) is 3.06. The number of ether oxygens (including phenoxy) is 1. The Morgan fingerprint density at radius 3 is 2.24 bits per heavy atom. The van der Waals surface area contributed by atoms with E-state index in [0.717, 1.165) is 12.8 Å². The molecule has 0 aromatic rings. The van der Waals surface area contributed by atoms with Gasteiger partial charge in [-0.15, -0.1) is 0 Å². The molecule has 4 nitrogen and oxygen atoms in total. The van der Waals surface area contributed by atoms with Gasteiger partial charge >= 0.3 is 0 Å². The molecule has 0 aliphatic carbocycles. The van der Waals surface area contributed by atoms with Gasteiger partial charge in [-0.3, -0.25) is 4.79 Å². The van der Waals surface area contributed by atoms with E-state index in [1.807, 2.05) is 6.92 Å². The van der Waals surface area contributed by atoms with Gasteiger partial charge in [-0.2, -0.15) is 5.26 Å². The van der Waals surface area contributed by atoms with E-state index in [0.29, 0.717) is 19.6 Å². The first-order valence-electron chi connectivity index (χ1n) is 6.35. The molecule has 0 aliphatic heterocycles. The van der Waals surface area contributed by atoms with Crippen molar-refractivity contribution in [2.24, 2.45) is 5.92 Å². The van der Waals surface area contributed by atoms with Crippen LogP contribution in [-0.2, 0) is 9.53 Å². The second-order valence-electron chi connectivity index (χ2n) is 4.08. The van der Waals surface area contributed by atoms with Crippen LogP contribution < -0.4 is 0 Å². The van der Waals surface area contributed by atoms with E-state index in [4.69, 9.17) is 10.00 Å². The molecule has 1 atom stereocenters. The van der Waals surface area contributed by atoms with Crippen LogP contribution in [0.2, 0.25) is 0 Å². The third-order valence-electron chi connectivity index (χ3n) is 3.06. The number of carbonyl (C=O) groups is 1. The number of nitriles is 1. The van der Waals surface area contributed by atoms with Crippen molar-refractivity contribution in [3.05, 3.63) is 0 Å². The molecule has 0 radical (unpaired) electrons. The molecule has 0 bridgehead atoms. The standard InChI is InChI=1S/C13H24N2O2/c1-5-11(10-14)13(16)15(8-9-17-4)12(6-2)7-3/h11-12H,5-9H2,1-4H3. The molecule has 0 heterocycles. The highest BCUT2D eigenvalue weighted by Crippen LogP contribution is 2.14. The summed E-state index contributed by atoms with van der Waals surface area (Å²) in [5.74, 6) is -0.576. The molecule has 17 heavy (non-hydrogen) atoms. The molecule has 98 valence electrons. The Balaban J connectivity index is 4.77. The highest BCUT2D eigenvalue weighted by atomic mass is 16.5. The summed E-state index contributed by atoms with van der Waals surface area (Å²) in [7, 11) is 1.62. The zero-order valence-corrected chi connectivity index (χ0v) is 11.4. The average Bonchev–Trinajstić information content (AvgIpc) is 2.35. The minimum absolute atomic E-state index is 0.0549. The predicted octanol–water partition coefficient (Wildman–Crippen LogP) is 2.20. The highest BCUT2D eigenvalue weighted by Gasteiger charge is 2.26. The topological polar surface area (TPSA) is 53.3 Å². The van der Waals surface area contributed by atoms with Gasteiger partial charge in [0, 0.05) is 19.7 Å². The lowest BCUT2D eigenvalue weighted by Crippen LogP contribution is -2.44. The summed E-state index contributed by atoms with van der Waals surface area (Å²) in [4.78, 5) is 14.0. The van der Waals surface area contributed by atoms with Gasteiger partial charge in [-0.25, -0.2) is 0 Å². The van der Waals surface area contributed by atoms with Gasteiger partial charge in [0.25, 0.3) is 0 Å². The average molecular weight is 240 g/mol. The van der Waals surface area contributed by atoms with Crippen LogP contribution in [0, 0.1) is 17.2 Å². The van der Waals surface area contributed by atoms with Gasteiger partial charge in [-0.1, -0.05) is 20.8 Å². The Morgan fingerprint density at radius 1 is 1.29 bits per heavy atom. The number of hydrogen-bond donors (Lipinski definition) is 0. The number of amides is 1. The van der Waals surface area contributed by atoms with Crippen LogP contribution in [0.1, 0.15) is 40.0 Å². The Kier molecular flexibility index (Phi) is 8.43. The second kappa shape index (κ2) is 9.00. The van der Waals surface area contributed by atoms with Crippen LogP contribution in [-0.4, -0.2) is 37.1 Å². The summed E-state index contributed by atoms with van der Waals surface area (Å²) in [5, 5.41) is 8.97. The number of carbonyl (C=O) groups excluding carboxylic acids is 1. The van der Waals surface area contributed by atoms with E-state index in [9.17, 15) is 4.79 Å². The van der Waals surface area contributed by atoms with Crippen LogP contribution in [0.4, 0.5) is 0 Å². The summed E-state index contributed by atoms with van der Waals surface area (Å²) in [5.41, 5.74) is 0. The van der Waals surface area contributed by atoms with Gasteiger partial charge in [0.1, 0.15) is 5.92 Å². The summed E-state index contributed by atoms with van der Waals surface area (Å²) in [6.07, 6.45) is 2.39. The first-order chi connectivity index (χ1) is 8.15. The first-order valence-corrected chi connectivity index (χ1v) is 6.35. The molecule has 4 heteroatoms. The molecular weight excluding hydrogens is 216 g/mol. The molecule has 0 aliphatic rings. The van der Waals surface area contributed by atoms with Gasteiger partial charge in [-0.05, 0) is 19.3 Å². The predicted molar refractivity (Wildman–Crippen MR) is 67.4 cm³/mol.